The van der Waals surface area contributed by atoms with Gasteiger partial charge in [0.25, 0.3) is 0 Å². The van der Waals surface area contributed by atoms with E-state index in [0.717, 1.165) is 5.57 Å². The van der Waals surface area contributed by atoms with Gasteiger partial charge in [-0.05, 0) is 26.8 Å². The summed E-state index contributed by atoms with van der Waals surface area (Å²) in [4.78, 5) is 39.2. The second kappa shape index (κ2) is 5.17. The highest BCUT2D eigenvalue weighted by molar-refractivity contribution is 6.17. The molecule has 7 heteroatoms. The van der Waals surface area contributed by atoms with Crippen LogP contribution in [-0.4, -0.2) is 58.5 Å². The van der Waals surface area contributed by atoms with Crippen LogP contribution in [0.1, 0.15) is 19.8 Å². The molecule has 2 fully saturated rings. The van der Waals surface area contributed by atoms with Crippen LogP contribution in [0.15, 0.2) is 11.6 Å². The number of imide groups is 3. The maximum atomic E-state index is 12.6. The molecule has 0 radical (unpaired) electrons. The molecule has 4 aliphatic rings. The van der Waals surface area contributed by atoms with Gasteiger partial charge in [0.15, 0.2) is 0 Å². The predicted molar refractivity (Wildman–Crippen MR) is 77.3 cm³/mol. The number of fused-ring (bicyclic) bond motifs is 1. The number of hydrogen-bond donors (Lipinski definition) is 2. The second-order valence-corrected chi connectivity index (χ2v) is 6.39. The molecule has 0 saturated carbocycles. The van der Waals surface area contributed by atoms with Gasteiger partial charge in [-0.1, -0.05) is 11.6 Å². The van der Waals surface area contributed by atoms with Crippen molar-refractivity contribution in [1.82, 2.24) is 9.80 Å². The third-order valence-electron chi connectivity index (χ3n) is 5.44. The van der Waals surface area contributed by atoms with Crippen LogP contribution in [0, 0.1) is 17.8 Å². The van der Waals surface area contributed by atoms with Crippen molar-refractivity contribution >= 4 is 17.8 Å². The third-order valence-corrected chi connectivity index (χ3v) is 5.44. The summed E-state index contributed by atoms with van der Waals surface area (Å²) in [6, 6.07) is -1.08. The van der Waals surface area contributed by atoms with Gasteiger partial charge in [-0.3, -0.25) is 14.5 Å². The fourth-order valence-corrected chi connectivity index (χ4v) is 4.37. The molecule has 0 spiro atoms. The number of primary amides is 1. The Labute approximate surface area is 128 Å². The Morgan fingerprint density at radius 2 is 1.91 bits per heavy atom. The normalized spacial score (nSPS) is 37.5. The van der Waals surface area contributed by atoms with Crippen LogP contribution in [0.5, 0.6) is 0 Å². The summed E-state index contributed by atoms with van der Waals surface area (Å²) in [7, 11) is 1.93. The number of piperidine rings is 1. The smallest absolute Gasteiger partial charge is 0.328 e. The molecule has 7 nitrogen and oxygen atoms in total. The lowest BCUT2D eigenvalue weighted by molar-refractivity contribution is -0.136. The van der Waals surface area contributed by atoms with Gasteiger partial charge < -0.3 is 10.8 Å². The molecule has 1 aliphatic carbocycles. The van der Waals surface area contributed by atoms with Crippen molar-refractivity contribution in [2.24, 2.45) is 23.5 Å². The molecule has 0 aromatic carbocycles. The number of carbonyl (C=O) groups is 3. The molecular weight excluding hydrogens is 286 g/mol. The first-order valence-electron chi connectivity index (χ1n) is 7.60. The summed E-state index contributed by atoms with van der Waals surface area (Å²) in [5.41, 5.74) is 6.32. The number of carbonyl (C=O) groups excluding carboxylic acids is 3. The van der Waals surface area contributed by atoms with E-state index in [4.69, 9.17) is 10.8 Å². The quantitative estimate of drug-likeness (QED) is 0.550. The summed E-state index contributed by atoms with van der Waals surface area (Å²) < 4.78 is 0. The Bertz CT molecular complexity index is 573. The van der Waals surface area contributed by atoms with Crippen LogP contribution >= 0.6 is 0 Å². The molecule has 0 aromatic heterocycles. The molecule has 4 amide bonds. The molecule has 5 atom stereocenters. The van der Waals surface area contributed by atoms with Gasteiger partial charge in [0, 0.05) is 24.6 Å². The minimum absolute atomic E-state index is 0.0906. The van der Waals surface area contributed by atoms with Gasteiger partial charge >= 0.3 is 6.03 Å². The molecule has 120 valence electrons. The number of rotatable bonds is 3. The first kappa shape index (κ1) is 15.2. The van der Waals surface area contributed by atoms with Crippen molar-refractivity contribution in [3.8, 4) is 0 Å². The maximum absolute atomic E-state index is 12.6. The Kier molecular flexibility index (Phi) is 3.57. The highest BCUT2D eigenvalue weighted by Gasteiger charge is 2.62. The standard InChI is InChI=1S/C15H21N3O4/c1-7-10-8(4-3-5-19)6-9(17(7)2)11-12(10)14(21)18(13(11)20)15(16)22/h6-7,9-12,19H,3-5H2,1-2H3,(H2,16,22). The Morgan fingerprint density at radius 3 is 2.50 bits per heavy atom. The zero-order valence-corrected chi connectivity index (χ0v) is 12.7. The van der Waals surface area contributed by atoms with Crippen LogP contribution in [0.3, 0.4) is 0 Å². The molecule has 4 rings (SSSR count). The highest BCUT2D eigenvalue weighted by Crippen LogP contribution is 2.51. The number of likely N-dealkylation sites (tertiary alicyclic amines) is 1. The first-order valence-corrected chi connectivity index (χ1v) is 7.60. The van der Waals surface area contributed by atoms with Crippen LogP contribution in [-0.2, 0) is 9.59 Å². The van der Waals surface area contributed by atoms with E-state index >= 15 is 0 Å². The summed E-state index contributed by atoms with van der Waals surface area (Å²) in [6.07, 6.45) is 3.37. The minimum Gasteiger partial charge on any atom is -0.396 e. The average Bonchev–Trinajstić information content (AvgIpc) is 2.74. The molecular formula is C15H21N3O4. The molecule has 2 bridgehead atoms. The van der Waals surface area contributed by atoms with E-state index < -0.39 is 29.7 Å². The lowest BCUT2D eigenvalue weighted by atomic mass is 9.63. The molecule has 22 heavy (non-hydrogen) atoms. The van der Waals surface area contributed by atoms with Crippen molar-refractivity contribution in [2.75, 3.05) is 13.7 Å². The molecule has 3 heterocycles. The summed E-state index contributed by atoms with van der Waals surface area (Å²) in [5.74, 6) is -2.08. The molecule has 0 aromatic rings. The van der Waals surface area contributed by atoms with Gasteiger partial charge in [-0.15, -0.1) is 0 Å². The number of nitrogens with zero attached hydrogens (tertiary/aromatic N) is 2. The highest BCUT2D eigenvalue weighted by atomic mass is 16.3. The Hall–Kier alpha value is -1.73. The van der Waals surface area contributed by atoms with Gasteiger partial charge in [0.2, 0.25) is 11.8 Å². The molecule has 3 aliphatic heterocycles. The Morgan fingerprint density at radius 1 is 1.27 bits per heavy atom. The second-order valence-electron chi connectivity index (χ2n) is 6.39. The van der Waals surface area contributed by atoms with Crippen LogP contribution in [0.4, 0.5) is 4.79 Å². The van der Waals surface area contributed by atoms with Crippen molar-refractivity contribution < 1.29 is 19.5 Å². The van der Waals surface area contributed by atoms with Crippen molar-refractivity contribution in [3.63, 3.8) is 0 Å². The fourth-order valence-electron chi connectivity index (χ4n) is 4.37. The average molecular weight is 307 g/mol. The summed E-state index contributed by atoms with van der Waals surface area (Å²) in [5, 5.41) is 9.05. The number of likely N-dealkylation sites (N-methyl/N-ethyl adjacent to an activating group) is 1. The predicted octanol–water partition coefficient (Wildman–Crippen LogP) is -0.302. The van der Waals surface area contributed by atoms with E-state index in [1.165, 1.54) is 0 Å². The van der Waals surface area contributed by atoms with E-state index in [0.29, 0.717) is 17.7 Å². The lowest BCUT2D eigenvalue weighted by Crippen LogP contribution is -2.60. The topological polar surface area (TPSA) is 104 Å². The SMILES string of the molecule is CC1C2C(CCCO)=CC(C3C(=O)N(C(N)=O)C(=O)C23)N1C. The van der Waals surface area contributed by atoms with Crippen LogP contribution in [0.2, 0.25) is 0 Å². The Balaban J connectivity index is 2.02. The number of aliphatic hydroxyl groups excluding tert-OH is 1. The number of aliphatic hydroxyl groups is 1. The third kappa shape index (κ3) is 1.85. The van der Waals surface area contributed by atoms with E-state index in [9.17, 15) is 14.4 Å². The van der Waals surface area contributed by atoms with Crippen LogP contribution < -0.4 is 5.73 Å². The van der Waals surface area contributed by atoms with E-state index in [1.54, 1.807) is 0 Å². The van der Waals surface area contributed by atoms with Gasteiger partial charge in [0.1, 0.15) is 0 Å². The zero-order chi connectivity index (χ0) is 16.2. The summed E-state index contributed by atoms with van der Waals surface area (Å²) in [6.45, 7) is 2.12. The van der Waals surface area contributed by atoms with Gasteiger partial charge in [-0.2, -0.15) is 4.90 Å². The number of urea groups is 1. The van der Waals surface area contributed by atoms with Crippen molar-refractivity contribution in [3.05, 3.63) is 11.6 Å². The van der Waals surface area contributed by atoms with Gasteiger partial charge in [0.05, 0.1) is 11.8 Å². The number of nitrogens with two attached hydrogens (primary N) is 1. The molecule has 2 saturated heterocycles. The first-order chi connectivity index (χ1) is 10.4. The zero-order valence-electron chi connectivity index (χ0n) is 12.7. The van der Waals surface area contributed by atoms with Crippen molar-refractivity contribution in [2.45, 2.75) is 31.8 Å². The van der Waals surface area contributed by atoms with E-state index in [1.807, 2.05) is 20.0 Å². The minimum atomic E-state index is -0.990. The van der Waals surface area contributed by atoms with Gasteiger partial charge in [-0.25, -0.2) is 4.79 Å². The fraction of sp³-hybridized carbons (Fsp3) is 0.667. The summed E-state index contributed by atoms with van der Waals surface area (Å²) >= 11 is 0. The number of hydrogen-bond acceptors (Lipinski definition) is 5. The largest absolute Gasteiger partial charge is 0.396 e. The van der Waals surface area contributed by atoms with E-state index in [-0.39, 0.29) is 24.6 Å². The van der Waals surface area contributed by atoms with Crippen molar-refractivity contribution in [1.29, 1.82) is 0 Å². The van der Waals surface area contributed by atoms with Crippen LogP contribution in [0.25, 0.3) is 0 Å². The molecule has 3 N–H and O–H groups in total. The molecule has 5 unspecified atom stereocenters. The number of amides is 4. The van der Waals surface area contributed by atoms with E-state index in [2.05, 4.69) is 4.90 Å². The maximum Gasteiger partial charge on any atom is 0.328 e. The monoisotopic (exact) mass is 307 g/mol. The lowest BCUT2D eigenvalue weighted by Gasteiger charge is -2.52.